The first-order chi connectivity index (χ1) is 13.6. The van der Waals surface area contributed by atoms with Crippen LogP contribution in [0.5, 0.6) is 0 Å². The van der Waals surface area contributed by atoms with E-state index in [4.69, 9.17) is 0 Å². The molecule has 3 aromatic rings. The topological polar surface area (TPSA) is 0 Å². The molecule has 0 radical (unpaired) electrons. The maximum atomic E-state index is 2.48. The van der Waals surface area contributed by atoms with E-state index < -0.39 is 0 Å². The van der Waals surface area contributed by atoms with E-state index in [1.807, 2.05) is 0 Å². The van der Waals surface area contributed by atoms with Crippen molar-refractivity contribution in [2.75, 3.05) is 0 Å². The molecule has 0 N–H and O–H groups in total. The Balaban J connectivity index is 0.00000181. The molecule has 4 aliphatic carbocycles. The Bertz CT molecular complexity index is 985. The number of benzene rings is 2. The molecule has 0 heterocycles. The van der Waals surface area contributed by atoms with Gasteiger partial charge in [0.1, 0.15) is 0 Å². The Morgan fingerprint density at radius 3 is 2.07 bits per heavy atom. The molecule has 3 aromatic carbocycles. The molecule has 7 rings (SSSR count). The van der Waals surface area contributed by atoms with E-state index in [1.165, 1.54) is 66.0 Å². The minimum absolute atomic E-state index is 0. The third-order valence-electron chi connectivity index (χ3n) is 8.29. The van der Waals surface area contributed by atoms with Crippen molar-refractivity contribution in [1.29, 1.82) is 0 Å². The first-order valence-corrected chi connectivity index (χ1v) is 11.4. The number of rotatable bonds is 3. The molecule has 1 heteroatoms. The van der Waals surface area contributed by atoms with E-state index in [2.05, 4.69) is 68.4 Å². The smallest absolute Gasteiger partial charge is 0 e. The standard InChI is InChI=1S/C28H31.Zr/c1-18(2)24-13-23-4-3-5-26(27(23)14-24)22-6-8-25(9-7-22)28-15-19-10-20(16-28)12-21(11-19)17-28;/h3-9,13-14,18-21H,10-12,15-17H2,1-2H3;/q-1;. The molecule has 148 valence electrons. The predicted octanol–water partition coefficient (Wildman–Crippen LogP) is 7.81. The van der Waals surface area contributed by atoms with E-state index >= 15 is 0 Å². The number of hydrogen-bond acceptors (Lipinski definition) is 0. The van der Waals surface area contributed by atoms with E-state index in [1.54, 1.807) is 5.56 Å². The Labute approximate surface area is 194 Å². The van der Waals surface area contributed by atoms with Gasteiger partial charge in [0.15, 0.2) is 0 Å². The van der Waals surface area contributed by atoms with Crippen LogP contribution in [0.2, 0.25) is 0 Å². The predicted molar refractivity (Wildman–Crippen MR) is 119 cm³/mol. The zero-order valence-corrected chi connectivity index (χ0v) is 20.2. The van der Waals surface area contributed by atoms with Crippen LogP contribution in [0.25, 0.3) is 21.9 Å². The molecule has 0 spiro atoms. The first-order valence-electron chi connectivity index (χ1n) is 11.4. The zero-order valence-electron chi connectivity index (χ0n) is 17.7. The Hall–Kier alpha value is -1.07. The first kappa shape index (κ1) is 19.9. The van der Waals surface area contributed by atoms with Crippen LogP contribution in [-0.2, 0) is 31.6 Å². The van der Waals surface area contributed by atoms with Crippen molar-refractivity contribution >= 4 is 10.8 Å². The second-order valence-electron chi connectivity index (χ2n) is 10.5. The van der Waals surface area contributed by atoms with Crippen molar-refractivity contribution in [2.24, 2.45) is 17.8 Å². The molecule has 4 saturated carbocycles. The zero-order chi connectivity index (χ0) is 18.9. The number of fused-ring (bicyclic) bond motifs is 1. The molecule has 4 bridgehead atoms. The second kappa shape index (κ2) is 7.26. The van der Waals surface area contributed by atoms with Crippen LogP contribution in [0.4, 0.5) is 0 Å². The van der Waals surface area contributed by atoms with E-state index in [0.29, 0.717) is 11.3 Å². The SMILES string of the molecule is CC(C)c1cc2c(-c3ccc(C45CC6CC(CC(C6)C4)C5)cc3)cccc2[cH-]1.[Zr]. The van der Waals surface area contributed by atoms with E-state index in [-0.39, 0.29) is 26.2 Å². The Morgan fingerprint density at radius 1 is 0.862 bits per heavy atom. The maximum Gasteiger partial charge on any atom is 0 e. The molecule has 0 nitrogen and oxygen atoms in total. The minimum atomic E-state index is 0. The van der Waals surface area contributed by atoms with Crippen LogP contribution in [0.1, 0.15) is 69.4 Å². The van der Waals surface area contributed by atoms with Crippen molar-refractivity contribution in [1.82, 2.24) is 0 Å². The molecule has 0 atom stereocenters. The third kappa shape index (κ3) is 3.24. The minimum Gasteiger partial charge on any atom is -0.164 e. The van der Waals surface area contributed by atoms with Crippen molar-refractivity contribution in [3.05, 3.63) is 65.7 Å². The summed E-state index contributed by atoms with van der Waals surface area (Å²) in [5.74, 6) is 3.62. The van der Waals surface area contributed by atoms with Crippen molar-refractivity contribution in [3.63, 3.8) is 0 Å². The van der Waals surface area contributed by atoms with E-state index in [9.17, 15) is 0 Å². The van der Waals surface area contributed by atoms with Crippen LogP contribution in [0.15, 0.2) is 54.6 Å². The van der Waals surface area contributed by atoms with Crippen LogP contribution < -0.4 is 0 Å². The van der Waals surface area contributed by atoms with Gasteiger partial charge in [-0.2, -0.15) is 6.07 Å². The Morgan fingerprint density at radius 2 is 1.48 bits per heavy atom. The van der Waals surface area contributed by atoms with Gasteiger partial charge in [0.25, 0.3) is 0 Å². The van der Waals surface area contributed by atoms with Crippen molar-refractivity contribution < 1.29 is 26.2 Å². The molecule has 0 unspecified atom stereocenters. The largest absolute Gasteiger partial charge is 0.164 e. The van der Waals surface area contributed by atoms with Crippen molar-refractivity contribution in [3.8, 4) is 11.1 Å². The van der Waals surface area contributed by atoms with Gasteiger partial charge in [0.05, 0.1) is 0 Å². The molecule has 0 aromatic heterocycles. The van der Waals surface area contributed by atoms with Gasteiger partial charge < -0.3 is 0 Å². The molecule has 4 fully saturated rings. The number of hydrogen-bond donors (Lipinski definition) is 0. The van der Waals surface area contributed by atoms with Gasteiger partial charge in [-0.05, 0) is 78.7 Å². The van der Waals surface area contributed by atoms with E-state index in [0.717, 1.165) is 17.8 Å². The summed E-state index contributed by atoms with van der Waals surface area (Å²) in [6.45, 7) is 4.57. The molecule has 4 aliphatic rings. The fourth-order valence-corrected chi connectivity index (χ4v) is 7.31. The van der Waals surface area contributed by atoms with Crippen LogP contribution in [0.3, 0.4) is 0 Å². The fraction of sp³-hybridized carbons (Fsp3) is 0.464. The monoisotopic (exact) mass is 457 g/mol. The molecular formula is C28H31Zr-. The molecular weight excluding hydrogens is 428 g/mol. The summed E-state index contributed by atoms with van der Waals surface area (Å²) in [5, 5.41) is 2.79. The summed E-state index contributed by atoms with van der Waals surface area (Å²) in [4.78, 5) is 0. The summed E-state index contributed by atoms with van der Waals surface area (Å²) in [6, 6.07) is 21.3. The summed E-state index contributed by atoms with van der Waals surface area (Å²) in [5.41, 5.74) is 6.35. The van der Waals surface area contributed by atoms with Gasteiger partial charge in [-0.15, -0.1) is 34.5 Å². The molecule has 0 saturated heterocycles. The molecule has 0 amide bonds. The summed E-state index contributed by atoms with van der Waals surface area (Å²) < 4.78 is 0. The maximum absolute atomic E-state index is 2.48. The summed E-state index contributed by atoms with van der Waals surface area (Å²) in [6.07, 6.45) is 8.93. The fourth-order valence-electron chi connectivity index (χ4n) is 7.31. The average molecular weight is 459 g/mol. The van der Waals surface area contributed by atoms with Crippen LogP contribution in [-0.4, -0.2) is 0 Å². The van der Waals surface area contributed by atoms with Gasteiger partial charge in [-0.3, -0.25) is 0 Å². The van der Waals surface area contributed by atoms with Gasteiger partial charge in [0.2, 0.25) is 0 Å². The Kier molecular flexibility index (Phi) is 4.98. The molecule has 29 heavy (non-hydrogen) atoms. The summed E-state index contributed by atoms with van der Waals surface area (Å²) >= 11 is 0. The van der Waals surface area contributed by atoms with Gasteiger partial charge in [-0.1, -0.05) is 49.7 Å². The van der Waals surface area contributed by atoms with Crippen LogP contribution in [0, 0.1) is 17.8 Å². The summed E-state index contributed by atoms with van der Waals surface area (Å²) in [7, 11) is 0. The van der Waals surface area contributed by atoms with Gasteiger partial charge in [0, 0.05) is 26.2 Å². The van der Waals surface area contributed by atoms with Crippen molar-refractivity contribution in [2.45, 2.75) is 63.7 Å². The third-order valence-corrected chi connectivity index (χ3v) is 8.29. The van der Waals surface area contributed by atoms with Gasteiger partial charge >= 0.3 is 0 Å². The van der Waals surface area contributed by atoms with Gasteiger partial charge in [-0.25, -0.2) is 0 Å². The molecule has 0 aliphatic heterocycles. The average Bonchev–Trinajstić information content (AvgIpc) is 3.12. The quantitative estimate of drug-likeness (QED) is 0.351. The normalized spacial score (nSPS) is 30.1. The second-order valence-corrected chi connectivity index (χ2v) is 10.5. The van der Waals surface area contributed by atoms with Crippen LogP contribution >= 0.6 is 0 Å².